The fraction of sp³-hybridized carbons (Fsp3) is 0.400. The third-order valence-electron chi connectivity index (χ3n) is 4.68. The van der Waals surface area contributed by atoms with Crippen molar-refractivity contribution in [1.29, 1.82) is 0 Å². The Morgan fingerprint density at radius 3 is 2.50 bits per heavy atom. The highest BCUT2D eigenvalue weighted by atomic mass is 16.3. The molecule has 0 spiro atoms. The average Bonchev–Trinajstić information content (AvgIpc) is 2.55. The fourth-order valence-electron chi connectivity index (χ4n) is 3.32. The van der Waals surface area contributed by atoms with Gasteiger partial charge in [0.2, 0.25) is 0 Å². The molecular formula is C20H25NO. The Balaban J connectivity index is 1.71. The monoisotopic (exact) mass is 295 g/mol. The zero-order valence-corrected chi connectivity index (χ0v) is 13.3. The second-order valence-corrected chi connectivity index (χ2v) is 6.38. The second-order valence-electron chi connectivity index (χ2n) is 6.38. The molecule has 0 aromatic heterocycles. The number of hydrogen-bond acceptors (Lipinski definition) is 2. The van der Waals surface area contributed by atoms with Crippen LogP contribution in [0.3, 0.4) is 0 Å². The third kappa shape index (κ3) is 3.76. The van der Waals surface area contributed by atoms with E-state index in [-0.39, 0.29) is 6.10 Å². The Morgan fingerprint density at radius 2 is 1.77 bits per heavy atom. The lowest BCUT2D eigenvalue weighted by Gasteiger charge is -2.38. The quantitative estimate of drug-likeness (QED) is 0.929. The number of aliphatic hydroxyl groups excluding tert-OH is 1. The van der Waals surface area contributed by atoms with E-state index in [2.05, 4.69) is 66.4 Å². The number of hydrogen-bond donors (Lipinski definition) is 1. The molecule has 1 aliphatic rings. The first-order chi connectivity index (χ1) is 10.7. The van der Waals surface area contributed by atoms with Crippen LogP contribution >= 0.6 is 0 Å². The van der Waals surface area contributed by atoms with Crippen LogP contribution in [0.25, 0.3) is 0 Å². The summed E-state index contributed by atoms with van der Waals surface area (Å²) in [5, 5.41) is 10.1. The molecule has 2 atom stereocenters. The van der Waals surface area contributed by atoms with Crippen LogP contribution in [0.15, 0.2) is 54.6 Å². The van der Waals surface area contributed by atoms with E-state index < -0.39 is 0 Å². The topological polar surface area (TPSA) is 23.5 Å². The largest absolute Gasteiger partial charge is 0.393 e. The first-order valence-electron chi connectivity index (χ1n) is 8.25. The maximum Gasteiger partial charge on any atom is 0.0570 e. The number of likely N-dealkylation sites (tertiary alicyclic amines) is 1. The van der Waals surface area contributed by atoms with Crippen molar-refractivity contribution in [3.05, 3.63) is 71.3 Å². The number of rotatable bonds is 4. The van der Waals surface area contributed by atoms with Gasteiger partial charge in [-0.1, -0.05) is 60.2 Å². The van der Waals surface area contributed by atoms with Gasteiger partial charge in [0, 0.05) is 19.1 Å². The van der Waals surface area contributed by atoms with E-state index in [1.165, 1.54) is 16.7 Å². The lowest BCUT2D eigenvalue weighted by atomic mass is 9.92. The number of aliphatic hydroxyl groups is 1. The fourth-order valence-corrected chi connectivity index (χ4v) is 3.32. The number of nitrogens with zero attached hydrogens (tertiary/aromatic N) is 1. The summed E-state index contributed by atoms with van der Waals surface area (Å²) in [5.41, 5.74) is 4.00. The zero-order valence-electron chi connectivity index (χ0n) is 13.3. The number of piperidine rings is 1. The van der Waals surface area contributed by atoms with E-state index in [1.807, 2.05) is 0 Å². The number of aryl methyl sites for hydroxylation is 1. The van der Waals surface area contributed by atoms with Gasteiger partial charge in [-0.3, -0.25) is 4.90 Å². The van der Waals surface area contributed by atoms with Gasteiger partial charge in [-0.05, 0) is 37.3 Å². The first kappa shape index (κ1) is 15.3. The van der Waals surface area contributed by atoms with E-state index in [0.29, 0.717) is 6.04 Å². The maximum absolute atomic E-state index is 10.1. The molecule has 0 amide bonds. The second kappa shape index (κ2) is 7.08. The molecule has 0 bridgehead atoms. The van der Waals surface area contributed by atoms with Crippen LogP contribution in [0.5, 0.6) is 0 Å². The molecule has 0 radical (unpaired) electrons. The molecule has 0 aliphatic carbocycles. The molecular weight excluding hydrogens is 270 g/mol. The maximum atomic E-state index is 10.1. The Kier molecular flexibility index (Phi) is 4.91. The molecule has 22 heavy (non-hydrogen) atoms. The zero-order chi connectivity index (χ0) is 15.4. The highest BCUT2D eigenvalue weighted by molar-refractivity contribution is 5.25. The van der Waals surface area contributed by atoms with Gasteiger partial charge in [-0.15, -0.1) is 0 Å². The average molecular weight is 295 g/mol. The molecule has 1 aliphatic heterocycles. The summed E-state index contributed by atoms with van der Waals surface area (Å²) in [7, 11) is 0. The van der Waals surface area contributed by atoms with E-state index in [9.17, 15) is 5.11 Å². The van der Waals surface area contributed by atoms with E-state index in [4.69, 9.17) is 0 Å². The number of benzene rings is 2. The minimum Gasteiger partial charge on any atom is -0.393 e. The summed E-state index contributed by atoms with van der Waals surface area (Å²) in [6, 6.07) is 19.8. The molecule has 2 aromatic carbocycles. The molecule has 2 nitrogen and oxygen atoms in total. The Labute approximate surface area is 133 Å². The smallest absolute Gasteiger partial charge is 0.0570 e. The predicted octanol–water partition coefficient (Wildman–Crippen LogP) is 3.74. The van der Waals surface area contributed by atoms with Gasteiger partial charge in [0.05, 0.1) is 6.10 Å². The molecule has 2 aromatic rings. The summed E-state index contributed by atoms with van der Waals surface area (Å²) in [5.74, 6) is 0. The van der Waals surface area contributed by atoms with Crippen LogP contribution in [-0.2, 0) is 6.42 Å². The Bertz CT molecular complexity index is 578. The van der Waals surface area contributed by atoms with Gasteiger partial charge in [0.25, 0.3) is 0 Å². The molecule has 2 unspecified atom stereocenters. The Hall–Kier alpha value is -1.64. The van der Waals surface area contributed by atoms with Crippen LogP contribution in [0.2, 0.25) is 0 Å². The first-order valence-corrected chi connectivity index (χ1v) is 8.25. The van der Waals surface area contributed by atoms with Gasteiger partial charge in [0.1, 0.15) is 0 Å². The molecule has 1 fully saturated rings. The highest BCUT2D eigenvalue weighted by Crippen LogP contribution is 2.31. The van der Waals surface area contributed by atoms with Gasteiger partial charge < -0.3 is 5.11 Å². The van der Waals surface area contributed by atoms with Gasteiger partial charge in [0.15, 0.2) is 0 Å². The predicted molar refractivity (Wildman–Crippen MR) is 90.9 cm³/mol. The van der Waals surface area contributed by atoms with Crippen LogP contribution in [0.1, 0.15) is 35.6 Å². The van der Waals surface area contributed by atoms with Crippen LogP contribution in [0, 0.1) is 6.92 Å². The van der Waals surface area contributed by atoms with E-state index >= 15 is 0 Å². The molecule has 3 rings (SSSR count). The Morgan fingerprint density at radius 1 is 1.05 bits per heavy atom. The van der Waals surface area contributed by atoms with Crippen molar-refractivity contribution in [3.63, 3.8) is 0 Å². The molecule has 1 saturated heterocycles. The van der Waals surface area contributed by atoms with E-state index in [0.717, 1.165) is 32.4 Å². The summed E-state index contributed by atoms with van der Waals surface area (Å²) in [6.07, 6.45) is 2.63. The van der Waals surface area contributed by atoms with E-state index in [1.54, 1.807) is 0 Å². The van der Waals surface area contributed by atoms with Crippen molar-refractivity contribution >= 4 is 0 Å². The molecule has 2 heteroatoms. The highest BCUT2D eigenvalue weighted by Gasteiger charge is 2.28. The molecule has 0 saturated carbocycles. The summed E-state index contributed by atoms with van der Waals surface area (Å²) >= 11 is 0. The van der Waals surface area contributed by atoms with Crippen molar-refractivity contribution < 1.29 is 5.11 Å². The van der Waals surface area contributed by atoms with Crippen molar-refractivity contribution in [2.24, 2.45) is 0 Å². The summed E-state index contributed by atoms with van der Waals surface area (Å²) < 4.78 is 0. The normalized spacial score (nSPS) is 22.6. The van der Waals surface area contributed by atoms with Gasteiger partial charge in [-0.25, -0.2) is 0 Å². The minimum atomic E-state index is -0.167. The van der Waals surface area contributed by atoms with Crippen molar-refractivity contribution in [3.8, 4) is 0 Å². The summed E-state index contributed by atoms with van der Waals surface area (Å²) in [4.78, 5) is 2.53. The lowest BCUT2D eigenvalue weighted by Crippen LogP contribution is -2.39. The molecule has 116 valence electrons. The lowest BCUT2D eigenvalue weighted by molar-refractivity contribution is 0.0414. The standard InChI is InChI=1S/C20H25NO/c1-16-7-9-18(10-8-16)20-15-19(22)12-14-21(20)13-11-17-5-3-2-4-6-17/h2-10,19-20,22H,11-15H2,1H3. The van der Waals surface area contributed by atoms with Crippen molar-refractivity contribution in [2.75, 3.05) is 13.1 Å². The minimum absolute atomic E-state index is 0.167. The van der Waals surface area contributed by atoms with Crippen molar-refractivity contribution in [2.45, 2.75) is 38.3 Å². The van der Waals surface area contributed by atoms with Gasteiger partial charge >= 0.3 is 0 Å². The molecule has 1 N–H and O–H groups in total. The van der Waals surface area contributed by atoms with Crippen LogP contribution < -0.4 is 0 Å². The SMILES string of the molecule is Cc1ccc(C2CC(O)CCN2CCc2ccccc2)cc1. The van der Waals surface area contributed by atoms with Crippen LogP contribution in [0.4, 0.5) is 0 Å². The summed E-state index contributed by atoms with van der Waals surface area (Å²) in [6.45, 7) is 4.15. The van der Waals surface area contributed by atoms with Gasteiger partial charge in [-0.2, -0.15) is 0 Å². The third-order valence-corrected chi connectivity index (χ3v) is 4.68. The molecule has 1 heterocycles. The van der Waals surface area contributed by atoms with Crippen LogP contribution in [-0.4, -0.2) is 29.2 Å². The van der Waals surface area contributed by atoms with Crippen molar-refractivity contribution in [1.82, 2.24) is 4.90 Å².